The molecule has 0 aliphatic carbocycles. The first-order valence-electron chi connectivity index (χ1n) is 6.76. The molecule has 4 nitrogen and oxygen atoms in total. The molecule has 0 saturated heterocycles. The van der Waals surface area contributed by atoms with E-state index in [1.165, 1.54) is 5.56 Å². The highest BCUT2D eigenvalue weighted by Crippen LogP contribution is 2.26. The van der Waals surface area contributed by atoms with Crippen LogP contribution in [-0.4, -0.2) is 7.11 Å². The number of ether oxygens (including phenoxy) is 2. The second-order valence-corrected chi connectivity index (χ2v) is 4.65. The average molecular weight is 282 g/mol. The van der Waals surface area contributed by atoms with E-state index >= 15 is 0 Å². The molecular weight excluding hydrogens is 264 g/mol. The zero-order valence-corrected chi connectivity index (χ0v) is 12.2. The molecule has 4 heteroatoms. The van der Waals surface area contributed by atoms with Crippen LogP contribution in [0.15, 0.2) is 36.4 Å². The Morgan fingerprint density at radius 1 is 1.14 bits per heavy atom. The Labute approximate surface area is 124 Å². The van der Waals surface area contributed by atoms with E-state index in [2.05, 4.69) is 13.0 Å². The molecule has 0 unspecified atom stereocenters. The van der Waals surface area contributed by atoms with Crippen LogP contribution in [0.3, 0.4) is 0 Å². The summed E-state index contributed by atoms with van der Waals surface area (Å²) in [4.78, 5) is 0. The van der Waals surface area contributed by atoms with Gasteiger partial charge in [0.1, 0.15) is 18.1 Å². The third-order valence-corrected chi connectivity index (χ3v) is 3.28. The number of nitriles is 1. The van der Waals surface area contributed by atoms with Gasteiger partial charge in [0.25, 0.3) is 0 Å². The van der Waals surface area contributed by atoms with E-state index in [0.29, 0.717) is 29.4 Å². The molecule has 0 bridgehead atoms. The van der Waals surface area contributed by atoms with Crippen molar-refractivity contribution >= 4 is 5.69 Å². The van der Waals surface area contributed by atoms with Crippen molar-refractivity contribution in [1.29, 1.82) is 5.26 Å². The highest BCUT2D eigenvalue weighted by Gasteiger charge is 2.07. The van der Waals surface area contributed by atoms with Gasteiger partial charge in [-0.1, -0.05) is 13.0 Å². The summed E-state index contributed by atoms with van der Waals surface area (Å²) < 4.78 is 11.0. The first-order chi connectivity index (χ1) is 10.2. The molecule has 2 aromatic carbocycles. The molecule has 0 fully saturated rings. The first-order valence-corrected chi connectivity index (χ1v) is 6.76. The van der Waals surface area contributed by atoms with Crippen molar-refractivity contribution in [1.82, 2.24) is 0 Å². The quantitative estimate of drug-likeness (QED) is 0.854. The van der Waals surface area contributed by atoms with Gasteiger partial charge in [-0.2, -0.15) is 5.26 Å². The van der Waals surface area contributed by atoms with Crippen molar-refractivity contribution in [2.75, 3.05) is 12.8 Å². The lowest BCUT2D eigenvalue weighted by Crippen LogP contribution is -2.02. The Morgan fingerprint density at radius 3 is 2.52 bits per heavy atom. The topological polar surface area (TPSA) is 68.3 Å². The third kappa shape index (κ3) is 3.46. The molecule has 0 amide bonds. The Hall–Kier alpha value is -2.67. The number of anilines is 1. The second kappa shape index (κ2) is 6.67. The lowest BCUT2D eigenvalue weighted by atomic mass is 10.1. The van der Waals surface area contributed by atoms with E-state index < -0.39 is 0 Å². The van der Waals surface area contributed by atoms with Crippen molar-refractivity contribution in [3.8, 4) is 17.6 Å². The molecule has 2 rings (SSSR count). The van der Waals surface area contributed by atoms with Crippen LogP contribution in [-0.2, 0) is 13.0 Å². The molecule has 0 atom stereocenters. The summed E-state index contributed by atoms with van der Waals surface area (Å²) in [5, 5.41) is 8.96. The summed E-state index contributed by atoms with van der Waals surface area (Å²) in [5.41, 5.74) is 9.15. The van der Waals surface area contributed by atoms with E-state index in [-0.39, 0.29) is 0 Å². The number of aryl methyl sites for hydroxylation is 1. The molecular formula is C17H18N2O2. The van der Waals surface area contributed by atoms with Crippen LogP contribution in [0.5, 0.6) is 11.5 Å². The summed E-state index contributed by atoms with van der Waals surface area (Å²) in [5.74, 6) is 1.33. The third-order valence-electron chi connectivity index (χ3n) is 3.28. The minimum absolute atomic E-state index is 0.300. The Kier molecular flexibility index (Phi) is 4.68. The van der Waals surface area contributed by atoms with Gasteiger partial charge in [0.05, 0.1) is 24.4 Å². The number of hydrogen-bond donors (Lipinski definition) is 1. The number of nitrogens with zero attached hydrogens (tertiary/aromatic N) is 1. The normalized spacial score (nSPS) is 9.95. The van der Waals surface area contributed by atoms with Crippen molar-refractivity contribution in [3.05, 3.63) is 53.1 Å². The van der Waals surface area contributed by atoms with Crippen LogP contribution < -0.4 is 15.2 Å². The van der Waals surface area contributed by atoms with Crippen LogP contribution in [0.1, 0.15) is 23.6 Å². The molecule has 0 heterocycles. The molecule has 2 N–H and O–H groups in total. The van der Waals surface area contributed by atoms with Crippen LogP contribution in [0.25, 0.3) is 0 Å². The predicted octanol–water partition coefficient (Wildman–Crippen LogP) is 3.29. The molecule has 0 spiro atoms. The monoisotopic (exact) mass is 282 g/mol. The smallest absolute Gasteiger partial charge is 0.142 e. The van der Waals surface area contributed by atoms with Gasteiger partial charge in [-0.3, -0.25) is 0 Å². The lowest BCUT2D eigenvalue weighted by Gasteiger charge is -2.12. The zero-order chi connectivity index (χ0) is 15.2. The number of hydrogen-bond acceptors (Lipinski definition) is 4. The van der Waals surface area contributed by atoms with Gasteiger partial charge in [-0.05, 0) is 42.3 Å². The summed E-state index contributed by atoms with van der Waals surface area (Å²) in [7, 11) is 1.59. The number of nitrogens with two attached hydrogens (primary N) is 1. The SMILES string of the molecule is CCc1ccc(OCc2cc(C#N)ccc2OC)c(N)c1. The van der Waals surface area contributed by atoms with Gasteiger partial charge in [0, 0.05) is 5.56 Å². The van der Waals surface area contributed by atoms with Gasteiger partial charge in [0.15, 0.2) is 0 Å². The Morgan fingerprint density at radius 2 is 1.90 bits per heavy atom. The van der Waals surface area contributed by atoms with Gasteiger partial charge in [-0.25, -0.2) is 0 Å². The summed E-state index contributed by atoms with van der Waals surface area (Å²) >= 11 is 0. The van der Waals surface area contributed by atoms with E-state index in [9.17, 15) is 0 Å². The Bertz CT molecular complexity index is 675. The maximum absolute atomic E-state index is 8.96. The number of rotatable bonds is 5. The molecule has 0 radical (unpaired) electrons. The minimum Gasteiger partial charge on any atom is -0.496 e. The van der Waals surface area contributed by atoms with E-state index in [4.69, 9.17) is 20.5 Å². The number of nitrogen functional groups attached to an aromatic ring is 1. The maximum Gasteiger partial charge on any atom is 0.142 e. The number of methoxy groups -OCH3 is 1. The predicted molar refractivity (Wildman–Crippen MR) is 82.3 cm³/mol. The van der Waals surface area contributed by atoms with E-state index in [0.717, 1.165) is 12.0 Å². The maximum atomic E-state index is 8.96. The molecule has 0 aliphatic rings. The first kappa shape index (κ1) is 14.7. The molecule has 0 saturated carbocycles. The van der Waals surface area contributed by atoms with Crippen LogP contribution >= 0.6 is 0 Å². The van der Waals surface area contributed by atoms with Crippen molar-refractivity contribution in [3.63, 3.8) is 0 Å². The molecule has 0 aliphatic heterocycles. The Balaban J connectivity index is 2.18. The van der Waals surface area contributed by atoms with Crippen molar-refractivity contribution < 1.29 is 9.47 Å². The van der Waals surface area contributed by atoms with E-state index in [1.54, 1.807) is 25.3 Å². The fraction of sp³-hybridized carbons (Fsp3) is 0.235. The fourth-order valence-corrected chi connectivity index (χ4v) is 2.07. The van der Waals surface area contributed by atoms with Crippen LogP contribution in [0.4, 0.5) is 5.69 Å². The van der Waals surface area contributed by atoms with Gasteiger partial charge < -0.3 is 15.2 Å². The van der Waals surface area contributed by atoms with Crippen LogP contribution in [0.2, 0.25) is 0 Å². The molecule has 0 aromatic heterocycles. The standard InChI is InChI=1S/C17H18N2O2/c1-3-12-4-7-17(15(19)9-12)21-11-14-8-13(10-18)5-6-16(14)20-2/h4-9H,3,11,19H2,1-2H3. The van der Waals surface area contributed by atoms with Gasteiger partial charge in [0.2, 0.25) is 0 Å². The minimum atomic E-state index is 0.300. The largest absolute Gasteiger partial charge is 0.496 e. The highest BCUT2D eigenvalue weighted by molar-refractivity contribution is 5.54. The highest BCUT2D eigenvalue weighted by atomic mass is 16.5. The lowest BCUT2D eigenvalue weighted by molar-refractivity contribution is 0.298. The molecule has 2 aromatic rings. The molecule has 108 valence electrons. The summed E-state index contributed by atoms with van der Waals surface area (Å²) in [6.45, 7) is 2.38. The fourth-order valence-electron chi connectivity index (χ4n) is 2.07. The molecule has 21 heavy (non-hydrogen) atoms. The van der Waals surface area contributed by atoms with Crippen LogP contribution in [0, 0.1) is 11.3 Å². The van der Waals surface area contributed by atoms with E-state index in [1.807, 2.05) is 18.2 Å². The average Bonchev–Trinajstić information content (AvgIpc) is 2.53. The summed E-state index contributed by atoms with van der Waals surface area (Å²) in [6, 6.07) is 13.1. The second-order valence-electron chi connectivity index (χ2n) is 4.65. The zero-order valence-electron chi connectivity index (χ0n) is 12.2. The number of benzene rings is 2. The summed E-state index contributed by atoms with van der Waals surface area (Å²) in [6.07, 6.45) is 0.933. The van der Waals surface area contributed by atoms with Gasteiger partial charge >= 0.3 is 0 Å². The van der Waals surface area contributed by atoms with Gasteiger partial charge in [-0.15, -0.1) is 0 Å². The van der Waals surface area contributed by atoms with Crippen molar-refractivity contribution in [2.24, 2.45) is 0 Å². The van der Waals surface area contributed by atoms with Crippen molar-refractivity contribution in [2.45, 2.75) is 20.0 Å².